The van der Waals surface area contributed by atoms with Crippen molar-refractivity contribution in [1.29, 1.82) is 0 Å². The Morgan fingerprint density at radius 1 is 0.906 bits per heavy atom. The molecule has 0 radical (unpaired) electrons. The van der Waals surface area contributed by atoms with Gasteiger partial charge in [-0.1, -0.05) is 25.0 Å². The van der Waals surface area contributed by atoms with Crippen molar-refractivity contribution < 1.29 is 23.0 Å². The predicted octanol–water partition coefficient (Wildman–Crippen LogP) is 5.01. The molecule has 2 aliphatic heterocycles. The molecule has 0 unspecified atom stereocenters. The molecule has 4 nitrogen and oxygen atoms in total. The smallest absolute Gasteiger partial charge is 0.233 e. The molecule has 3 aliphatic rings. The van der Waals surface area contributed by atoms with Gasteiger partial charge in [-0.05, 0) is 67.6 Å². The molecule has 0 N–H and O–H groups in total. The molecule has 1 spiro atoms. The van der Waals surface area contributed by atoms with Crippen molar-refractivity contribution in [2.45, 2.75) is 62.1 Å². The van der Waals surface area contributed by atoms with E-state index in [0.29, 0.717) is 25.4 Å². The number of rotatable bonds is 4. The lowest BCUT2D eigenvalue weighted by atomic mass is 9.76. The van der Waals surface area contributed by atoms with E-state index in [0.717, 1.165) is 50.5 Å². The average molecular weight is 442 g/mol. The van der Waals surface area contributed by atoms with Crippen molar-refractivity contribution in [3.63, 3.8) is 0 Å². The minimum Gasteiger partial charge on any atom is -0.488 e. The number of carbonyl (C=O) groups is 1. The molecule has 2 aromatic carbocycles. The van der Waals surface area contributed by atoms with Gasteiger partial charge in [0, 0.05) is 19.5 Å². The van der Waals surface area contributed by atoms with Crippen LogP contribution in [0.2, 0.25) is 0 Å². The van der Waals surface area contributed by atoms with Gasteiger partial charge in [-0.15, -0.1) is 0 Å². The summed E-state index contributed by atoms with van der Waals surface area (Å²) in [5.41, 5.74) is 0.148. The van der Waals surface area contributed by atoms with Gasteiger partial charge < -0.3 is 14.4 Å². The summed E-state index contributed by atoms with van der Waals surface area (Å²) in [6.45, 7) is 1.82. The molecular weight excluding hydrogens is 412 g/mol. The van der Waals surface area contributed by atoms with Gasteiger partial charge in [0.2, 0.25) is 5.91 Å². The van der Waals surface area contributed by atoms with Crippen molar-refractivity contribution in [2.24, 2.45) is 0 Å². The zero-order valence-electron chi connectivity index (χ0n) is 18.2. The fourth-order valence-corrected chi connectivity index (χ4v) is 5.73. The maximum Gasteiger partial charge on any atom is 0.233 e. The van der Waals surface area contributed by atoms with Gasteiger partial charge in [0.15, 0.2) is 0 Å². The lowest BCUT2D eigenvalue weighted by molar-refractivity contribution is -0.142. The van der Waals surface area contributed by atoms with Gasteiger partial charge in [0.25, 0.3) is 0 Å². The van der Waals surface area contributed by atoms with Crippen LogP contribution in [0.1, 0.15) is 50.5 Å². The average Bonchev–Trinajstić information content (AvgIpc) is 3.45. The fraction of sp³-hybridized carbons (Fsp3) is 0.500. The third kappa shape index (κ3) is 4.01. The van der Waals surface area contributed by atoms with Crippen molar-refractivity contribution in [3.8, 4) is 5.75 Å². The Morgan fingerprint density at radius 3 is 2.12 bits per heavy atom. The molecule has 1 atom stereocenters. The van der Waals surface area contributed by atoms with Crippen LogP contribution >= 0.6 is 0 Å². The number of benzene rings is 2. The number of ether oxygens (including phenoxy) is 2. The first-order chi connectivity index (χ1) is 15.5. The second-order valence-corrected chi connectivity index (χ2v) is 9.48. The second kappa shape index (κ2) is 8.47. The third-order valence-corrected chi connectivity index (χ3v) is 7.52. The Labute approximate surface area is 187 Å². The van der Waals surface area contributed by atoms with Crippen LogP contribution in [0, 0.1) is 11.6 Å². The van der Waals surface area contributed by atoms with Crippen LogP contribution < -0.4 is 4.74 Å². The van der Waals surface area contributed by atoms with Crippen molar-refractivity contribution in [3.05, 3.63) is 65.7 Å². The van der Waals surface area contributed by atoms with E-state index in [1.54, 1.807) is 24.3 Å². The Bertz CT molecular complexity index is 946. The maximum absolute atomic E-state index is 13.7. The number of likely N-dealkylation sites (tertiary alicyclic amines) is 1. The summed E-state index contributed by atoms with van der Waals surface area (Å²) in [6.07, 6.45) is 5.95. The largest absolute Gasteiger partial charge is 0.488 e. The van der Waals surface area contributed by atoms with Gasteiger partial charge in [-0.25, -0.2) is 8.78 Å². The van der Waals surface area contributed by atoms with E-state index in [9.17, 15) is 13.6 Å². The number of amides is 1. The minimum absolute atomic E-state index is 0.0666. The summed E-state index contributed by atoms with van der Waals surface area (Å²) in [6, 6.07) is 12.5. The lowest BCUT2D eigenvalue weighted by Crippen LogP contribution is -2.52. The van der Waals surface area contributed by atoms with E-state index in [1.807, 2.05) is 4.90 Å². The Kier molecular flexibility index (Phi) is 5.66. The summed E-state index contributed by atoms with van der Waals surface area (Å²) in [4.78, 5) is 15.7. The third-order valence-electron chi connectivity index (χ3n) is 7.52. The molecule has 5 rings (SSSR count). The minimum atomic E-state index is -0.525. The molecule has 170 valence electrons. The number of hydrogen-bond acceptors (Lipinski definition) is 3. The first kappa shape index (κ1) is 21.4. The zero-order chi connectivity index (χ0) is 22.2. The molecule has 1 amide bonds. The molecular formula is C26H29F2NO3. The van der Waals surface area contributed by atoms with E-state index in [1.165, 1.54) is 24.3 Å². The van der Waals surface area contributed by atoms with Crippen molar-refractivity contribution in [1.82, 2.24) is 4.90 Å². The zero-order valence-corrected chi connectivity index (χ0v) is 18.2. The van der Waals surface area contributed by atoms with Crippen molar-refractivity contribution in [2.75, 3.05) is 19.7 Å². The quantitative estimate of drug-likeness (QED) is 0.670. The molecule has 0 aromatic heterocycles. The Hall–Kier alpha value is -2.47. The van der Waals surface area contributed by atoms with E-state index in [2.05, 4.69) is 0 Å². The highest BCUT2D eigenvalue weighted by Crippen LogP contribution is 2.44. The molecule has 2 saturated heterocycles. The summed E-state index contributed by atoms with van der Waals surface area (Å²) >= 11 is 0. The van der Waals surface area contributed by atoms with Crippen LogP contribution in [0.25, 0.3) is 0 Å². The van der Waals surface area contributed by atoms with Crippen LogP contribution in [0.5, 0.6) is 5.75 Å². The van der Waals surface area contributed by atoms with Gasteiger partial charge in [0.1, 0.15) is 23.5 Å². The fourth-order valence-electron chi connectivity index (χ4n) is 5.73. The first-order valence-electron chi connectivity index (χ1n) is 11.6. The van der Waals surface area contributed by atoms with Crippen molar-refractivity contribution >= 4 is 5.91 Å². The lowest BCUT2D eigenvalue weighted by Gasteiger charge is -2.42. The van der Waals surface area contributed by atoms with Crippen LogP contribution in [-0.4, -0.2) is 42.2 Å². The number of nitrogens with zero attached hydrogens (tertiary/aromatic N) is 1. The van der Waals surface area contributed by atoms with Crippen LogP contribution in [-0.2, 0) is 14.9 Å². The molecule has 2 heterocycles. The maximum atomic E-state index is 13.7. The normalized spacial score (nSPS) is 24.1. The van der Waals surface area contributed by atoms with Crippen LogP contribution in [0.15, 0.2) is 48.5 Å². The van der Waals surface area contributed by atoms with E-state index in [-0.39, 0.29) is 29.2 Å². The van der Waals surface area contributed by atoms with E-state index in [4.69, 9.17) is 9.47 Å². The molecule has 6 heteroatoms. The number of hydrogen-bond donors (Lipinski definition) is 0. The Balaban J connectivity index is 1.23. The van der Waals surface area contributed by atoms with Gasteiger partial charge in [-0.3, -0.25) is 4.79 Å². The summed E-state index contributed by atoms with van der Waals surface area (Å²) in [5, 5.41) is 0. The topological polar surface area (TPSA) is 38.8 Å². The summed E-state index contributed by atoms with van der Waals surface area (Å²) in [5.74, 6) is 0.264. The summed E-state index contributed by atoms with van der Waals surface area (Å²) in [7, 11) is 0. The molecule has 3 fully saturated rings. The molecule has 0 bridgehead atoms. The molecule has 2 aromatic rings. The SMILES string of the molecule is O=C(N1CCC2(CC1)C[C@@H](Oc1ccc(F)cc1)CO2)C1(c2ccc(F)cc2)CCCC1. The highest BCUT2D eigenvalue weighted by Gasteiger charge is 2.49. The number of carbonyl (C=O) groups excluding carboxylic acids is 1. The van der Waals surface area contributed by atoms with E-state index < -0.39 is 5.41 Å². The molecule has 32 heavy (non-hydrogen) atoms. The van der Waals surface area contributed by atoms with Crippen LogP contribution in [0.3, 0.4) is 0 Å². The summed E-state index contributed by atoms with van der Waals surface area (Å²) < 4.78 is 38.8. The highest BCUT2D eigenvalue weighted by atomic mass is 19.1. The number of halogens is 2. The molecule has 1 aliphatic carbocycles. The predicted molar refractivity (Wildman–Crippen MR) is 116 cm³/mol. The van der Waals surface area contributed by atoms with Crippen LogP contribution in [0.4, 0.5) is 8.78 Å². The standard InChI is InChI=1S/C26H29F2NO3/c27-20-5-3-19(4-6-20)26(11-1-2-12-26)24(30)29-15-13-25(14-16-29)17-23(18-31-25)32-22-9-7-21(28)8-10-22/h3-10,23H,1-2,11-18H2/t23-/m1/s1. The second-order valence-electron chi connectivity index (χ2n) is 9.48. The van der Waals surface area contributed by atoms with Gasteiger partial charge >= 0.3 is 0 Å². The van der Waals surface area contributed by atoms with E-state index >= 15 is 0 Å². The number of piperidine rings is 1. The first-order valence-corrected chi connectivity index (χ1v) is 11.6. The monoisotopic (exact) mass is 441 g/mol. The molecule has 1 saturated carbocycles. The van der Waals surface area contributed by atoms with Gasteiger partial charge in [0.05, 0.1) is 17.6 Å². The highest BCUT2D eigenvalue weighted by molar-refractivity contribution is 5.88. The Morgan fingerprint density at radius 2 is 1.50 bits per heavy atom. The van der Waals surface area contributed by atoms with Gasteiger partial charge in [-0.2, -0.15) is 0 Å².